The van der Waals surface area contributed by atoms with Gasteiger partial charge in [0.15, 0.2) is 0 Å². The molecule has 0 bridgehead atoms. The summed E-state index contributed by atoms with van der Waals surface area (Å²) >= 11 is 0. The van der Waals surface area contributed by atoms with Gasteiger partial charge < -0.3 is 20.1 Å². The van der Waals surface area contributed by atoms with E-state index in [0.717, 1.165) is 40.3 Å². The Morgan fingerprint density at radius 3 is 3.00 bits per heavy atom. The normalized spacial score (nSPS) is 22.2. The lowest BCUT2D eigenvalue weighted by molar-refractivity contribution is -0.0203. The van der Waals surface area contributed by atoms with Crippen LogP contribution in [0, 0.1) is 0 Å². The molecule has 0 amide bonds. The van der Waals surface area contributed by atoms with Crippen molar-refractivity contribution in [1.29, 1.82) is 0 Å². The Kier molecular flexibility index (Phi) is 4.18. The van der Waals surface area contributed by atoms with Crippen molar-refractivity contribution in [2.45, 2.75) is 37.7 Å². The molecule has 7 heteroatoms. The molecule has 0 aliphatic carbocycles. The molecule has 1 aromatic carbocycles. The van der Waals surface area contributed by atoms with Crippen molar-refractivity contribution in [1.82, 2.24) is 19.5 Å². The van der Waals surface area contributed by atoms with Gasteiger partial charge in [-0.05, 0) is 42.7 Å². The lowest BCUT2D eigenvalue weighted by atomic mass is 10.0. The quantitative estimate of drug-likeness (QED) is 0.569. The van der Waals surface area contributed by atoms with Crippen molar-refractivity contribution in [3.8, 4) is 0 Å². The summed E-state index contributed by atoms with van der Waals surface area (Å²) < 4.78 is 8.15. The van der Waals surface area contributed by atoms with Crippen LogP contribution in [-0.2, 0) is 11.2 Å². The molecule has 3 atom stereocenters. The number of pyridine rings is 1. The highest BCUT2D eigenvalue weighted by molar-refractivity contribution is 5.80. The first-order valence-electron chi connectivity index (χ1n) is 9.42. The summed E-state index contributed by atoms with van der Waals surface area (Å²) in [6.45, 7) is 0. The summed E-state index contributed by atoms with van der Waals surface area (Å²) in [5, 5.41) is 12.5. The second-order valence-corrected chi connectivity index (χ2v) is 7.26. The van der Waals surface area contributed by atoms with Crippen molar-refractivity contribution >= 4 is 27.8 Å². The third kappa shape index (κ3) is 3.08. The minimum absolute atomic E-state index is 0.214. The lowest BCUT2D eigenvalue weighted by Crippen LogP contribution is -2.21. The Morgan fingerprint density at radius 2 is 2.07 bits per heavy atom. The van der Waals surface area contributed by atoms with Gasteiger partial charge >= 0.3 is 0 Å². The molecule has 5 rings (SSSR count). The molecule has 0 unspecified atom stereocenters. The highest BCUT2D eigenvalue weighted by atomic mass is 16.5. The van der Waals surface area contributed by atoms with Gasteiger partial charge in [0.1, 0.15) is 24.0 Å². The van der Waals surface area contributed by atoms with E-state index in [4.69, 9.17) is 10.5 Å². The molecular weight excluding hydrogens is 354 g/mol. The Morgan fingerprint density at radius 1 is 1.18 bits per heavy atom. The SMILES string of the molecule is Nc1ccc2ccc(CC[C@H]3O[C@@H](n4ccc5cncnc54)C[C@@H]3O)cc2n1. The lowest BCUT2D eigenvalue weighted by Gasteiger charge is -2.16. The Labute approximate surface area is 161 Å². The number of nitrogens with zero attached hydrogens (tertiary/aromatic N) is 4. The number of aryl methyl sites for hydroxylation is 1. The van der Waals surface area contributed by atoms with E-state index in [1.165, 1.54) is 6.33 Å². The van der Waals surface area contributed by atoms with Crippen LogP contribution in [0.2, 0.25) is 0 Å². The molecule has 0 radical (unpaired) electrons. The van der Waals surface area contributed by atoms with Gasteiger partial charge in [-0.2, -0.15) is 0 Å². The van der Waals surface area contributed by atoms with Crippen LogP contribution < -0.4 is 5.73 Å². The number of aliphatic hydroxyl groups excluding tert-OH is 1. The molecule has 28 heavy (non-hydrogen) atoms. The number of rotatable bonds is 4. The third-order valence-electron chi connectivity index (χ3n) is 5.39. The number of nitrogens with two attached hydrogens (primary N) is 1. The van der Waals surface area contributed by atoms with Crippen molar-refractivity contribution < 1.29 is 9.84 Å². The van der Waals surface area contributed by atoms with Gasteiger partial charge in [0.25, 0.3) is 0 Å². The largest absolute Gasteiger partial charge is 0.390 e. The van der Waals surface area contributed by atoms with Gasteiger partial charge in [-0.15, -0.1) is 0 Å². The molecule has 0 saturated carbocycles. The molecule has 1 saturated heterocycles. The van der Waals surface area contributed by atoms with E-state index >= 15 is 0 Å². The average molecular weight is 375 g/mol. The zero-order valence-corrected chi connectivity index (χ0v) is 15.3. The molecule has 7 nitrogen and oxygen atoms in total. The smallest absolute Gasteiger partial charge is 0.145 e. The summed E-state index contributed by atoms with van der Waals surface area (Å²) in [5.74, 6) is 0.518. The van der Waals surface area contributed by atoms with Crippen LogP contribution in [0.4, 0.5) is 5.82 Å². The number of aromatic nitrogens is 4. The second-order valence-electron chi connectivity index (χ2n) is 7.26. The number of anilines is 1. The molecule has 142 valence electrons. The standard InChI is InChI=1S/C21H21N5O2/c22-19-6-4-14-3-1-13(9-16(14)25-19)2-5-18-17(27)10-20(28-18)26-8-7-15-11-23-12-24-21(15)26/h1,3-4,6-9,11-12,17-18,20,27H,2,5,10H2,(H2,22,25)/t17-,18+,20+/m0/s1. The van der Waals surface area contributed by atoms with Gasteiger partial charge in [-0.25, -0.2) is 15.0 Å². The van der Waals surface area contributed by atoms with Crippen molar-refractivity contribution in [2.75, 3.05) is 5.73 Å². The first-order chi connectivity index (χ1) is 13.7. The molecule has 4 heterocycles. The van der Waals surface area contributed by atoms with Crippen molar-refractivity contribution in [2.24, 2.45) is 0 Å². The first kappa shape index (κ1) is 17.1. The average Bonchev–Trinajstić information content (AvgIpc) is 3.29. The van der Waals surface area contributed by atoms with E-state index < -0.39 is 6.10 Å². The fourth-order valence-corrected chi connectivity index (χ4v) is 3.92. The Hall–Kier alpha value is -3.03. The van der Waals surface area contributed by atoms with Crippen LogP contribution in [0.5, 0.6) is 0 Å². The van der Waals surface area contributed by atoms with Crippen LogP contribution in [0.15, 0.2) is 55.1 Å². The zero-order chi connectivity index (χ0) is 19.1. The fraction of sp³-hybridized carbons (Fsp3) is 0.286. The van der Waals surface area contributed by atoms with Crippen LogP contribution >= 0.6 is 0 Å². The molecule has 1 aliphatic rings. The second kappa shape index (κ2) is 6.85. The van der Waals surface area contributed by atoms with Gasteiger partial charge in [0, 0.05) is 29.6 Å². The topological polar surface area (TPSA) is 99.1 Å². The highest BCUT2D eigenvalue weighted by Gasteiger charge is 2.35. The van der Waals surface area contributed by atoms with Crippen molar-refractivity contribution in [3.63, 3.8) is 0 Å². The van der Waals surface area contributed by atoms with Gasteiger partial charge in [0.2, 0.25) is 0 Å². The Balaban J connectivity index is 1.30. The number of ether oxygens (including phenoxy) is 1. The maximum atomic E-state index is 10.5. The highest BCUT2D eigenvalue weighted by Crippen LogP contribution is 2.33. The molecule has 1 aliphatic heterocycles. The number of fused-ring (bicyclic) bond motifs is 2. The Bertz CT molecular complexity index is 1140. The van der Waals surface area contributed by atoms with Crippen LogP contribution in [-0.4, -0.2) is 36.8 Å². The summed E-state index contributed by atoms with van der Waals surface area (Å²) in [4.78, 5) is 12.8. The number of hydrogen-bond donors (Lipinski definition) is 2. The number of aliphatic hydroxyl groups is 1. The predicted octanol–water partition coefficient (Wildman–Crippen LogP) is 2.84. The summed E-state index contributed by atoms with van der Waals surface area (Å²) in [6, 6.07) is 11.9. The first-order valence-corrected chi connectivity index (χ1v) is 9.42. The van der Waals surface area contributed by atoms with Gasteiger partial charge in [0.05, 0.1) is 17.7 Å². The fourth-order valence-electron chi connectivity index (χ4n) is 3.92. The molecule has 0 spiro atoms. The molecular formula is C21H21N5O2. The monoisotopic (exact) mass is 375 g/mol. The van der Waals surface area contributed by atoms with E-state index in [9.17, 15) is 5.11 Å². The minimum Gasteiger partial charge on any atom is -0.390 e. The minimum atomic E-state index is -0.501. The van der Waals surface area contributed by atoms with Crippen LogP contribution in [0.25, 0.3) is 21.9 Å². The number of nitrogen functional groups attached to an aromatic ring is 1. The maximum Gasteiger partial charge on any atom is 0.145 e. The van der Waals surface area contributed by atoms with Crippen LogP contribution in [0.1, 0.15) is 24.6 Å². The van der Waals surface area contributed by atoms with Gasteiger partial charge in [-0.3, -0.25) is 0 Å². The molecule has 3 N–H and O–H groups in total. The molecule has 3 aromatic heterocycles. The number of hydrogen-bond acceptors (Lipinski definition) is 6. The summed E-state index contributed by atoms with van der Waals surface area (Å²) in [6.07, 6.45) is 6.41. The predicted molar refractivity (Wildman–Crippen MR) is 107 cm³/mol. The number of benzene rings is 1. The maximum absolute atomic E-state index is 10.5. The van der Waals surface area contributed by atoms with E-state index in [1.807, 2.05) is 22.9 Å². The molecule has 4 aromatic rings. The zero-order valence-electron chi connectivity index (χ0n) is 15.3. The van der Waals surface area contributed by atoms with Crippen molar-refractivity contribution in [3.05, 3.63) is 60.7 Å². The van der Waals surface area contributed by atoms with E-state index in [0.29, 0.717) is 12.2 Å². The van der Waals surface area contributed by atoms with E-state index in [1.54, 1.807) is 12.3 Å². The van der Waals surface area contributed by atoms with E-state index in [-0.39, 0.29) is 12.3 Å². The summed E-state index contributed by atoms with van der Waals surface area (Å²) in [5.41, 5.74) is 8.66. The van der Waals surface area contributed by atoms with E-state index in [2.05, 4.69) is 33.2 Å². The van der Waals surface area contributed by atoms with Gasteiger partial charge in [-0.1, -0.05) is 12.1 Å². The molecule has 1 fully saturated rings. The van der Waals surface area contributed by atoms with Crippen LogP contribution in [0.3, 0.4) is 0 Å². The summed E-state index contributed by atoms with van der Waals surface area (Å²) in [7, 11) is 0. The third-order valence-corrected chi connectivity index (χ3v) is 5.39.